The molecule has 6 nitrogen and oxygen atoms in total. The smallest absolute Gasteiger partial charge is 0.419 e. The summed E-state index contributed by atoms with van der Waals surface area (Å²) in [6, 6.07) is 10.8. The Bertz CT molecular complexity index is 1010. The third kappa shape index (κ3) is 4.65. The van der Waals surface area contributed by atoms with Crippen molar-refractivity contribution in [2.24, 2.45) is 0 Å². The fourth-order valence-corrected chi connectivity index (χ4v) is 2.68. The number of hydrogen-bond donors (Lipinski definition) is 0. The van der Waals surface area contributed by atoms with Gasteiger partial charge in [0.15, 0.2) is 5.58 Å². The Morgan fingerprint density at radius 2 is 2.00 bits per heavy atom. The molecular weight excluding hydrogens is 384 g/mol. The minimum Gasteiger partial charge on any atom is -0.461 e. The van der Waals surface area contributed by atoms with Crippen LogP contribution in [-0.4, -0.2) is 17.1 Å². The Kier molecular flexibility index (Phi) is 5.75. The summed E-state index contributed by atoms with van der Waals surface area (Å²) in [7, 11) is 0. The SMILES string of the molecule is O=C(CCn1c(=O)oc2cc(Cl)ccc21)OCc1ccccc1OC(F)F. The number of rotatable bonds is 7. The van der Waals surface area contributed by atoms with E-state index in [1.165, 1.54) is 28.8 Å². The maximum absolute atomic E-state index is 12.4. The number of benzene rings is 2. The first kappa shape index (κ1) is 18.9. The van der Waals surface area contributed by atoms with Gasteiger partial charge in [-0.25, -0.2) is 4.79 Å². The van der Waals surface area contributed by atoms with Crippen LogP contribution in [0, 0.1) is 0 Å². The highest BCUT2D eigenvalue weighted by Gasteiger charge is 2.14. The van der Waals surface area contributed by atoms with Gasteiger partial charge in [0, 0.05) is 23.2 Å². The molecule has 0 aliphatic rings. The van der Waals surface area contributed by atoms with Crippen molar-refractivity contribution in [3.63, 3.8) is 0 Å². The van der Waals surface area contributed by atoms with Gasteiger partial charge in [-0.3, -0.25) is 9.36 Å². The molecule has 27 heavy (non-hydrogen) atoms. The number of aromatic nitrogens is 1. The number of hydrogen-bond acceptors (Lipinski definition) is 5. The van der Waals surface area contributed by atoms with Gasteiger partial charge in [0.2, 0.25) is 0 Å². The molecule has 0 saturated heterocycles. The van der Waals surface area contributed by atoms with Crippen LogP contribution in [0.1, 0.15) is 12.0 Å². The summed E-state index contributed by atoms with van der Waals surface area (Å²) in [5.41, 5.74) is 1.14. The monoisotopic (exact) mass is 397 g/mol. The van der Waals surface area contributed by atoms with Crippen LogP contribution in [-0.2, 0) is 22.7 Å². The van der Waals surface area contributed by atoms with Crippen molar-refractivity contribution in [2.45, 2.75) is 26.2 Å². The van der Waals surface area contributed by atoms with E-state index in [0.717, 1.165) is 0 Å². The summed E-state index contributed by atoms with van der Waals surface area (Å²) in [6.45, 7) is -3.16. The predicted octanol–water partition coefficient (Wildman–Crippen LogP) is 3.98. The number of nitrogens with zero attached hydrogens (tertiary/aromatic N) is 1. The molecule has 2 aromatic carbocycles. The van der Waals surface area contributed by atoms with Crippen molar-refractivity contribution in [2.75, 3.05) is 0 Å². The Morgan fingerprint density at radius 1 is 1.22 bits per heavy atom. The molecule has 0 unspecified atom stereocenters. The molecule has 0 radical (unpaired) electrons. The van der Waals surface area contributed by atoms with E-state index in [1.54, 1.807) is 18.2 Å². The molecule has 0 atom stereocenters. The van der Waals surface area contributed by atoms with Gasteiger partial charge in [-0.1, -0.05) is 29.8 Å². The molecule has 3 aromatic rings. The van der Waals surface area contributed by atoms with Crippen molar-refractivity contribution in [1.82, 2.24) is 4.57 Å². The second-order valence-corrected chi connectivity index (χ2v) is 5.97. The average Bonchev–Trinajstić information content (AvgIpc) is 2.92. The molecule has 142 valence electrons. The summed E-state index contributed by atoms with van der Waals surface area (Å²) in [4.78, 5) is 23.9. The quantitative estimate of drug-likeness (QED) is 0.564. The van der Waals surface area contributed by atoms with Gasteiger partial charge in [-0.15, -0.1) is 0 Å². The summed E-state index contributed by atoms with van der Waals surface area (Å²) in [5, 5.41) is 0.424. The zero-order valence-electron chi connectivity index (χ0n) is 13.9. The van der Waals surface area contributed by atoms with Crippen molar-refractivity contribution in [1.29, 1.82) is 0 Å². The number of carbonyl (C=O) groups is 1. The molecule has 0 saturated carbocycles. The largest absolute Gasteiger partial charge is 0.461 e. The minimum absolute atomic E-state index is 0.0431. The van der Waals surface area contributed by atoms with Crippen LogP contribution in [0.3, 0.4) is 0 Å². The fraction of sp³-hybridized carbons (Fsp3) is 0.222. The normalized spacial score (nSPS) is 11.1. The molecule has 0 fully saturated rings. The van der Waals surface area contributed by atoms with Crippen LogP contribution < -0.4 is 10.5 Å². The van der Waals surface area contributed by atoms with Gasteiger partial charge >= 0.3 is 18.3 Å². The summed E-state index contributed by atoms with van der Waals surface area (Å²) in [6.07, 6.45) is -0.102. The highest BCUT2D eigenvalue weighted by Crippen LogP contribution is 2.21. The third-order valence-corrected chi connectivity index (χ3v) is 3.98. The van der Waals surface area contributed by atoms with E-state index >= 15 is 0 Å². The van der Waals surface area contributed by atoms with Gasteiger partial charge in [-0.05, 0) is 18.2 Å². The lowest BCUT2D eigenvalue weighted by Crippen LogP contribution is -2.17. The molecule has 0 N–H and O–H groups in total. The Hall–Kier alpha value is -2.87. The lowest BCUT2D eigenvalue weighted by molar-refractivity contribution is -0.145. The number of para-hydroxylation sites is 1. The highest BCUT2D eigenvalue weighted by molar-refractivity contribution is 6.31. The molecule has 1 aromatic heterocycles. The van der Waals surface area contributed by atoms with Crippen molar-refractivity contribution >= 4 is 28.7 Å². The van der Waals surface area contributed by atoms with Crippen LogP contribution in [0.4, 0.5) is 8.78 Å². The topological polar surface area (TPSA) is 70.7 Å². The molecule has 0 bridgehead atoms. The Labute approximate surface area is 156 Å². The average molecular weight is 398 g/mol. The summed E-state index contributed by atoms with van der Waals surface area (Å²) < 4.78 is 40.6. The number of carbonyl (C=O) groups excluding carboxylic acids is 1. The van der Waals surface area contributed by atoms with E-state index in [0.29, 0.717) is 21.7 Å². The number of halogens is 3. The molecule has 3 rings (SSSR count). The number of esters is 1. The first-order valence-corrected chi connectivity index (χ1v) is 8.29. The van der Waals surface area contributed by atoms with Crippen LogP contribution in [0.25, 0.3) is 11.1 Å². The first-order valence-electron chi connectivity index (χ1n) is 7.91. The van der Waals surface area contributed by atoms with Gasteiger partial charge in [-0.2, -0.15) is 8.78 Å². The second-order valence-electron chi connectivity index (χ2n) is 5.53. The molecule has 9 heteroatoms. The predicted molar refractivity (Wildman–Crippen MR) is 93.0 cm³/mol. The molecule has 0 aliphatic heterocycles. The van der Waals surface area contributed by atoms with Gasteiger partial charge < -0.3 is 13.9 Å². The molecular formula is C18H14ClF2NO5. The van der Waals surface area contributed by atoms with Crippen molar-refractivity contribution in [3.8, 4) is 5.75 Å². The van der Waals surface area contributed by atoms with E-state index < -0.39 is 18.3 Å². The highest BCUT2D eigenvalue weighted by atomic mass is 35.5. The number of ether oxygens (including phenoxy) is 2. The van der Waals surface area contributed by atoms with E-state index in [4.69, 9.17) is 20.8 Å². The number of aryl methyl sites for hydroxylation is 1. The van der Waals surface area contributed by atoms with Crippen LogP contribution in [0.5, 0.6) is 5.75 Å². The molecule has 1 heterocycles. The van der Waals surface area contributed by atoms with E-state index in [-0.39, 0.29) is 25.3 Å². The molecule has 0 spiro atoms. The summed E-state index contributed by atoms with van der Waals surface area (Å²) >= 11 is 5.85. The van der Waals surface area contributed by atoms with Crippen LogP contribution >= 0.6 is 11.6 Å². The van der Waals surface area contributed by atoms with Crippen LogP contribution in [0.2, 0.25) is 5.02 Å². The van der Waals surface area contributed by atoms with Gasteiger partial charge in [0.1, 0.15) is 12.4 Å². The van der Waals surface area contributed by atoms with Gasteiger partial charge in [0.25, 0.3) is 0 Å². The Morgan fingerprint density at radius 3 is 2.78 bits per heavy atom. The minimum atomic E-state index is -2.98. The zero-order valence-corrected chi connectivity index (χ0v) is 14.6. The lowest BCUT2D eigenvalue weighted by atomic mass is 10.2. The third-order valence-electron chi connectivity index (χ3n) is 3.75. The van der Waals surface area contributed by atoms with E-state index in [2.05, 4.69) is 4.74 Å². The van der Waals surface area contributed by atoms with Crippen molar-refractivity contribution in [3.05, 3.63) is 63.6 Å². The molecule has 0 aliphatic carbocycles. The first-order chi connectivity index (χ1) is 12.9. The Balaban J connectivity index is 1.61. The number of oxazole rings is 1. The van der Waals surface area contributed by atoms with E-state index in [1.807, 2.05) is 0 Å². The molecule has 0 amide bonds. The van der Waals surface area contributed by atoms with E-state index in [9.17, 15) is 18.4 Å². The standard InChI is InChI=1S/C18H14ClF2NO5/c19-12-5-6-13-15(9-12)27-18(24)22(13)8-7-16(23)25-10-11-3-1-2-4-14(11)26-17(20)21/h1-6,9,17H,7-8,10H2. The maximum Gasteiger partial charge on any atom is 0.419 e. The lowest BCUT2D eigenvalue weighted by Gasteiger charge is -2.11. The maximum atomic E-state index is 12.4. The fourth-order valence-electron chi connectivity index (χ4n) is 2.52. The second kappa shape index (κ2) is 8.22. The number of alkyl halides is 2. The number of fused-ring (bicyclic) bond motifs is 1. The van der Waals surface area contributed by atoms with Gasteiger partial charge in [0.05, 0.1) is 11.9 Å². The van der Waals surface area contributed by atoms with Crippen LogP contribution in [0.15, 0.2) is 51.7 Å². The zero-order chi connectivity index (χ0) is 19.4. The van der Waals surface area contributed by atoms with Crippen molar-refractivity contribution < 1.29 is 27.5 Å². The summed E-state index contributed by atoms with van der Waals surface area (Å²) in [5.74, 6) is -1.28.